The minimum Gasteiger partial charge on any atom is -0.377 e. The van der Waals surface area contributed by atoms with Crippen LogP contribution in [0.2, 0.25) is 6.04 Å². The fourth-order valence-electron chi connectivity index (χ4n) is 3.12. The molecule has 21 heavy (non-hydrogen) atoms. The van der Waals surface area contributed by atoms with Crippen LogP contribution in [-0.4, -0.2) is 60.8 Å². The van der Waals surface area contributed by atoms with E-state index in [2.05, 4.69) is 0 Å². The zero-order valence-electron chi connectivity index (χ0n) is 13.1. The largest absolute Gasteiger partial charge is 0.500 e. The third-order valence-corrected chi connectivity index (χ3v) is 7.41. The highest BCUT2D eigenvalue weighted by molar-refractivity contribution is 6.60. The van der Waals surface area contributed by atoms with E-state index in [1.807, 2.05) is 6.92 Å². The third kappa shape index (κ3) is 3.50. The van der Waals surface area contributed by atoms with E-state index in [4.69, 9.17) is 27.5 Å². The summed E-state index contributed by atoms with van der Waals surface area (Å²) in [6, 6.07) is 0.784. The second-order valence-corrected chi connectivity index (χ2v) is 9.27. The lowest BCUT2D eigenvalue weighted by atomic mass is 9.88. The molecule has 6 nitrogen and oxygen atoms in total. The molecule has 0 radical (unpaired) electrons. The summed E-state index contributed by atoms with van der Waals surface area (Å²) in [5.74, 6) is 0.0713. The molecule has 1 saturated carbocycles. The van der Waals surface area contributed by atoms with Gasteiger partial charge in [-0.15, -0.1) is 0 Å². The van der Waals surface area contributed by atoms with Crippen molar-refractivity contribution in [3.8, 4) is 0 Å². The predicted molar refractivity (Wildman–Crippen MR) is 76.8 cm³/mol. The molecule has 0 aromatic carbocycles. The van der Waals surface area contributed by atoms with Crippen molar-refractivity contribution in [3.63, 3.8) is 0 Å². The average molecular weight is 318 g/mol. The van der Waals surface area contributed by atoms with Gasteiger partial charge in [-0.1, -0.05) is 6.92 Å². The number of fused-ring (bicyclic) bond motifs is 1. The Kier molecular flexibility index (Phi) is 4.71. The first-order chi connectivity index (χ1) is 10.2. The zero-order valence-corrected chi connectivity index (χ0v) is 14.1. The first-order valence-electron chi connectivity index (χ1n) is 7.83. The lowest BCUT2D eigenvalue weighted by Crippen LogP contribution is -2.45. The summed E-state index contributed by atoms with van der Waals surface area (Å²) in [5, 5.41) is 0. The topological polar surface area (TPSA) is 62.0 Å². The molecule has 0 aromatic heterocycles. The van der Waals surface area contributed by atoms with Gasteiger partial charge in [0.2, 0.25) is 0 Å². The van der Waals surface area contributed by atoms with E-state index in [1.54, 1.807) is 14.2 Å². The molecule has 3 aliphatic rings. The van der Waals surface area contributed by atoms with Crippen LogP contribution in [0.3, 0.4) is 0 Å². The SMILES string of the molecule is CC[Si](OC)(OC)OCC1CCC2OC2(OCC2CO2)C1. The molecule has 4 unspecified atom stereocenters. The normalized spacial score (nSPS) is 38.1. The molecule has 3 fully saturated rings. The standard InChI is InChI=1S/C14H26O6Si/c1-4-21(15-2,16-3)19-8-11-5-6-13-14(7-11,20-13)18-10-12-9-17-12/h11-13H,4-10H2,1-3H3. The van der Waals surface area contributed by atoms with Gasteiger partial charge < -0.3 is 27.5 Å². The summed E-state index contributed by atoms with van der Waals surface area (Å²) in [6.07, 6.45) is 3.59. The minimum atomic E-state index is -2.46. The molecular formula is C14H26O6Si. The average Bonchev–Trinajstić information content (AvgIpc) is 3.41. The van der Waals surface area contributed by atoms with Crippen LogP contribution < -0.4 is 0 Å². The maximum atomic E-state index is 6.03. The van der Waals surface area contributed by atoms with Gasteiger partial charge >= 0.3 is 8.80 Å². The first kappa shape index (κ1) is 15.9. The molecule has 2 saturated heterocycles. The predicted octanol–water partition coefficient (Wildman–Crippen LogP) is 1.57. The Hall–Kier alpha value is -0.0231. The van der Waals surface area contributed by atoms with Crippen molar-refractivity contribution in [2.45, 2.75) is 50.2 Å². The van der Waals surface area contributed by atoms with Crippen LogP contribution in [0, 0.1) is 5.92 Å². The Labute approximate surface area is 127 Å². The number of hydrogen-bond donors (Lipinski definition) is 0. The van der Waals surface area contributed by atoms with Gasteiger partial charge in [0.25, 0.3) is 0 Å². The van der Waals surface area contributed by atoms with E-state index >= 15 is 0 Å². The van der Waals surface area contributed by atoms with E-state index in [9.17, 15) is 0 Å². The highest BCUT2D eigenvalue weighted by Crippen LogP contribution is 2.51. The van der Waals surface area contributed by atoms with Crippen LogP contribution in [0.15, 0.2) is 0 Å². The Balaban J connectivity index is 1.47. The number of rotatable bonds is 9. The van der Waals surface area contributed by atoms with Crippen molar-refractivity contribution in [2.75, 3.05) is 34.0 Å². The first-order valence-corrected chi connectivity index (χ1v) is 9.76. The molecule has 4 atom stereocenters. The maximum Gasteiger partial charge on any atom is 0.500 e. The van der Waals surface area contributed by atoms with Gasteiger partial charge in [0.1, 0.15) is 12.2 Å². The van der Waals surface area contributed by atoms with Crippen molar-refractivity contribution in [3.05, 3.63) is 0 Å². The molecule has 7 heteroatoms. The van der Waals surface area contributed by atoms with Gasteiger partial charge in [-0.3, -0.25) is 0 Å². The van der Waals surface area contributed by atoms with Crippen molar-refractivity contribution < 1.29 is 27.5 Å². The molecule has 0 bridgehead atoms. The van der Waals surface area contributed by atoms with E-state index in [0.29, 0.717) is 19.1 Å². The van der Waals surface area contributed by atoms with Gasteiger partial charge in [0, 0.05) is 33.3 Å². The van der Waals surface area contributed by atoms with Gasteiger partial charge in [-0.2, -0.15) is 0 Å². The number of hydrogen-bond acceptors (Lipinski definition) is 6. The molecule has 0 N–H and O–H groups in total. The van der Waals surface area contributed by atoms with E-state index in [1.165, 1.54) is 0 Å². The highest BCUT2D eigenvalue weighted by Gasteiger charge is 2.61. The van der Waals surface area contributed by atoms with E-state index in [0.717, 1.165) is 31.9 Å². The van der Waals surface area contributed by atoms with Gasteiger partial charge in [-0.25, -0.2) is 0 Å². The summed E-state index contributed by atoms with van der Waals surface area (Å²) in [4.78, 5) is 0. The van der Waals surface area contributed by atoms with Crippen molar-refractivity contribution in [1.29, 1.82) is 0 Å². The van der Waals surface area contributed by atoms with Crippen LogP contribution in [-0.2, 0) is 27.5 Å². The Morgan fingerprint density at radius 2 is 1.95 bits per heavy atom. The number of ether oxygens (including phenoxy) is 3. The molecule has 0 aromatic rings. The van der Waals surface area contributed by atoms with Crippen LogP contribution in [0.5, 0.6) is 0 Å². The second-order valence-electron chi connectivity index (χ2n) is 6.09. The molecule has 0 amide bonds. The van der Waals surface area contributed by atoms with Gasteiger partial charge in [0.05, 0.1) is 13.2 Å². The molecule has 122 valence electrons. The quantitative estimate of drug-likeness (QED) is 0.475. The molecule has 0 spiro atoms. The van der Waals surface area contributed by atoms with Crippen LogP contribution >= 0.6 is 0 Å². The van der Waals surface area contributed by atoms with Crippen LogP contribution in [0.4, 0.5) is 0 Å². The lowest BCUT2D eigenvalue weighted by molar-refractivity contribution is -0.0723. The highest BCUT2D eigenvalue weighted by atomic mass is 28.4. The smallest absolute Gasteiger partial charge is 0.377 e. The number of epoxide rings is 2. The molecule has 2 heterocycles. The Morgan fingerprint density at radius 3 is 2.57 bits per heavy atom. The summed E-state index contributed by atoms with van der Waals surface area (Å²) in [6.45, 7) is 4.16. The summed E-state index contributed by atoms with van der Waals surface area (Å²) < 4.78 is 34.0. The van der Waals surface area contributed by atoms with Crippen molar-refractivity contribution in [1.82, 2.24) is 0 Å². The monoisotopic (exact) mass is 318 g/mol. The fraction of sp³-hybridized carbons (Fsp3) is 1.00. The molecular weight excluding hydrogens is 292 g/mol. The minimum absolute atomic E-state index is 0.269. The fourth-order valence-corrected chi connectivity index (χ4v) is 4.79. The summed E-state index contributed by atoms with van der Waals surface area (Å²) in [5.41, 5.74) is 0. The Bertz CT molecular complexity index is 351. The van der Waals surface area contributed by atoms with Crippen molar-refractivity contribution >= 4 is 8.80 Å². The van der Waals surface area contributed by atoms with Gasteiger partial charge in [-0.05, 0) is 18.8 Å². The molecule has 2 aliphatic heterocycles. The maximum absolute atomic E-state index is 6.03. The van der Waals surface area contributed by atoms with Crippen molar-refractivity contribution in [2.24, 2.45) is 5.92 Å². The van der Waals surface area contributed by atoms with Gasteiger partial charge in [0.15, 0.2) is 5.79 Å². The Morgan fingerprint density at radius 1 is 1.19 bits per heavy atom. The molecule has 3 rings (SSSR count). The second kappa shape index (κ2) is 6.23. The zero-order chi connectivity index (χ0) is 14.9. The van der Waals surface area contributed by atoms with Crippen LogP contribution in [0.1, 0.15) is 26.2 Å². The summed E-state index contributed by atoms with van der Waals surface area (Å²) in [7, 11) is 0.872. The summed E-state index contributed by atoms with van der Waals surface area (Å²) >= 11 is 0. The van der Waals surface area contributed by atoms with E-state index in [-0.39, 0.29) is 18.0 Å². The third-order valence-electron chi connectivity index (χ3n) is 4.70. The molecule has 1 aliphatic carbocycles. The van der Waals surface area contributed by atoms with Crippen LogP contribution in [0.25, 0.3) is 0 Å². The van der Waals surface area contributed by atoms with E-state index < -0.39 is 8.80 Å². The lowest BCUT2D eigenvalue weighted by Gasteiger charge is -2.30.